The molecule has 2 aliphatic rings. The van der Waals surface area contributed by atoms with E-state index in [4.69, 9.17) is 19.9 Å². The molecular weight excluding hydrogens is 194 g/mol. The van der Waals surface area contributed by atoms with E-state index in [1.54, 1.807) is 0 Å². The maximum Gasteiger partial charge on any atom is 0.165 e. The fraction of sp³-hybridized carbons (Fsp3) is 0.455. The molecule has 0 radical (unpaired) electrons. The summed E-state index contributed by atoms with van der Waals surface area (Å²) >= 11 is 0. The van der Waals surface area contributed by atoms with Crippen LogP contribution in [0.5, 0.6) is 17.2 Å². The molecule has 2 heterocycles. The van der Waals surface area contributed by atoms with Gasteiger partial charge in [0.2, 0.25) is 0 Å². The van der Waals surface area contributed by atoms with Crippen LogP contribution in [0.3, 0.4) is 0 Å². The van der Waals surface area contributed by atoms with Crippen molar-refractivity contribution >= 4 is 0 Å². The summed E-state index contributed by atoms with van der Waals surface area (Å²) in [6, 6.07) is 3.96. The Morgan fingerprint density at radius 2 is 1.73 bits per heavy atom. The average molecular weight is 207 g/mol. The van der Waals surface area contributed by atoms with Crippen LogP contribution in [0.15, 0.2) is 12.1 Å². The third kappa shape index (κ3) is 1.51. The van der Waals surface area contributed by atoms with Gasteiger partial charge < -0.3 is 19.9 Å². The second-order valence-corrected chi connectivity index (χ2v) is 3.88. The SMILES string of the molecule is NC1COc2cc3c(cc2C1)OCCO3. The van der Waals surface area contributed by atoms with Gasteiger partial charge in [0.1, 0.15) is 25.6 Å². The molecule has 1 atom stereocenters. The Morgan fingerprint density at radius 3 is 2.53 bits per heavy atom. The molecule has 3 rings (SSSR count). The quantitative estimate of drug-likeness (QED) is 0.681. The monoisotopic (exact) mass is 207 g/mol. The van der Waals surface area contributed by atoms with E-state index >= 15 is 0 Å². The van der Waals surface area contributed by atoms with Gasteiger partial charge in [-0.25, -0.2) is 0 Å². The minimum atomic E-state index is 0.0834. The van der Waals surface area contributed by atoms with Crippen molar-refractivity contribution in [2.24, 2.45) is 5.73 Å². The van der Waals surface area contributed by atoms with Crippen molar-refractivity contribution in [2.75, 3.05) is 19.8 Å². The molecule has 1 aromatic rings. The topological polar surface area (TPSA) is 53.7 Å². The van der Waals surface area contributed by atoms with E-state index in [0.717, 1.165) is 29.2 Å². The molecule has 0 saturated heterocycles. The average Bonchev–Trinajstić information content (AvgIpc) is 2.26. The maximum absolute atomic E-state index is 5.83. The highest BCUT2D eigenvalue weighted by atomic mass is 16.6. The zero-order chi connectivity index (χ0) is 10.3. The predicted octanol–water partition coefficient (Wildman–Crippen LogP) is 0.720. The molecule has 0 amide bonds. The van der Waals surface area contributed by atoms with Gasteiger partial charge in [-0.1, -0.05) is 0 Å². The van der Waals surface area contributed by atoms with Crippen molar-refractivity contribution < 1.29 is 14.2 Å². The normalized spacial score (nSPS) is 22.9. The van der Waals surface area contributed by atoms with E-state index in [0.29, 0.717) is 19.8 Å². The summed E-state index contributed by atoms with van der Waals surface area (Å²) in [7, 11) is 0. The number of benzene rings is 1. The first-order valence-electron chi connectivity index (χ1n) is 5.14. The number of rotatable bonds is 0. The molecule has 1 unspecified atom stereocenters. The van der Waals surface area contributed by atoms with Crippen LogP contribution in [0.4, 0.5) is 0 Å². The largest absolute Gasteiger partial charge is 0.492 e. The second-order valence-electron chi connectivity index (χ2n) is 3.88. The summed E-state index contributed by atoms with van der Waals surface area (Å²) in [5, 5.41) is 0. The van der Waals surface area contributed by atoms with Crippen LogP contribution in [0.1, 0.15) is 5.56 Å². The molecule has 0 spiro atoms. The number of hydrogen-bond acceptors (Lipinski definition) is 4. The molecular formula is C11H13NO3. The molecule has 4 heteroatoms. The van der Waals surface area contributed by atoms with Crippen molar-refractivity contribution in [2.45, 2.75) is 12.5 Å². The van der Waals surface area contributed by atoms with E-state index in [1.165, 1.54) is 0 Å². The first-order valence-corrected chi connectivity index (χ1v) is 5.14. The van der Waals surface area contributed by atoms with E-state index in [-0.39, 0.29) is 6.04 Å². The number of fused-ring (bicyclic) bond motifs is 2. The Bertz CT molecular complexity index is 392. The lowest BCUT2D eigenvalue weighted by atomic mass is 10.0. The molecule has 0 fully saturated rings. The first-order chi connectivity index (χ1) is 7.33. The number of ether oxygens (including phenoxy) is 3. The standard InChI is InChI=1S/C11H13NO3/c12-8-3-7-4-10-11(14-2-1-13-10)5-9(7)15-6-8/h4-5,8H,1-3,6,12H2. The smallest absolute Gasteiger partial charge is 0.165 e. The molecule has 0 aliphatic carbocycles. The van der Waals surface area contributed by atoms with Gasteiger partial charge in [0.05, 0.1) is 0 Å². The van der Waals surface area contributed by atoms with Gasteiger partial charge in [0.25, 0.3) is 0 Å². The van der Waals surface area contributed by atoms with Gasteiger partial charge in [-0.15, -0.1) is 0 Å². The third-order valence-electron chi connectivity index (χ3n) is 2.66. The molecule has 0 saturated carbocycles. The number of nitrogens with two attached hydrogens (primary N) is 1. The Hall–Kier alpha value is -1.42. The van der Waals surface area contributed by atoms with E-state index in [1.807, 2.05) is 12.1 Å². The van der Waals surface area contributed by atoms with Gasteiger partial charge in [-0.3, -0.25) is 0 Å². The van der Waals surface area contributed by atoms with Gasteiger partial charge >= 0.3 is 0 Å². The molecule has 15 heavy (non-hydrogen) atoms. The minimum absolute atomic E-state index is 0.0834. The van der Waals surface area contributed by atoms with Crippen molar-refractivity contribution in [3.05, 3.63) is 17.7 Å². The lowest BCUT2D eigenvalue weighted by molar-refractivity contribution is 0.168. The lowest BCUT2D eigenvalue weighted by Gasteiger charge is -2.26. The highest BCUT2D eigenvalue weighted by molar-refractivity contribution is 5.52. The summed E-state index contributed by atoms with van der Waals surface area (Å²) in [6.07, 6.45) is 0.839. The second kappa shape index (κ2) is 3.31. The van der Waals surface area contributed by atoms with Crippen molar-refractivity contribution in [3.63, 3.8) is 0 Å². The summed E-state index contributed by atoms with van der Waals surface area (Å²) in [5.41, 5.74) is 6.94. The van der Waals surface area contributed by atoms with Crippen LogP contribution >= 0.6 is 0 Å². The fourth-order valence-electron chi connectivity index (χ4n) is 1.94. The van der Waals surface area contributed by atoms with Gasteiger partial charge in [0.15, 0.2) is 11.5 Å². The van der Waals surface area contributed by atoms with E-state index in [2.05, 4.69) is 0 Å². The summed E-state index contributed by atoms with van der Waals surface area (Å²) in [4.78, 5) is 0. The van der Waals surface area contributed by atoms with Gasteiger partial charge in [-0.2, -0.15) is 0 Å². The summed E-state index contributed by atoms with van der Waals surface area (Å²) < 4.78 is 16.5. The summed E-state index contributed by atoms with van der Waals surface area (Å²) in [5.74, 6) is 2.45. The Morgan fingerprint density at radius 1 is 1.00 bits per heavy atom. The minimum Gasteiger partial charge on any atom is -0.492 e. The lowest BCUT2D eigenvalue weighted by Crippen LogP contribution is -2.34. The number of hydrogen-bond donors (Lipinski definition) is 1. The van der Waals surface area contributed by atoms with E-state index in [9.17, 15) is 0 Å². The Balaban J connectivity index is 2.02. The van der Waals surface area contributed by atoms with Crippen molar-refractivity contribution in [3.8, 4) is 17.2 Å². The first kappa shape index (κ1) is 8.85. The fourth-order valence-corrected chi connectivity index (χ4v) is 1.94. The van der Waals surface area contributed by atoms with Crippen LogP contribution in [-0.4, -0.2) is 25.9 Å². The third-order valence-corrected chi connectivity index (χ3v) is 2.66. The maximum atomic E-state index is 5.83. The molecule has 0 aromatic heterocycles. The van der Waals surface area contributed by atoms with Crippen LogP contribution in [-0.2, 0) is 6.42 Å². The van der Waals surface area contributed by atoms with Crippen LogP contribution in [0, 0.1) is 0 Å². The van der Waals surface area contributed by atoms with Crippen LogP contribution in [0.25, 0.3) is 0 Å². The zero-order valence-electron chi connectivity index (χ0n) is 8.36. The molecule has 80 valence electrons. The molecule has 2 aliphatic heterocycles. The molecule has 0 bridgehead atoms. The highest BCUT2D eigenvalue weighted by Crippen LogP contribution is 2.38. The van der Waals surface area contributed by atoms with Crippen LogP contribution in [0.2, 0.25) is 0 Å². The Labute approximate surface area is 87.9 Å². The molecule has 1 aromatic carbocycles. The van der Waals surface area contributed by atoms with Crippen molar-refractivity contribution in [1.82, 2.24) is 0 Å². The molecule has 2 N–H and O–H groups in total. The highest BCUT2D eigenvalue weighted by Gasteiger charge is 2.21. The molecule has 4 nitrogen and oxygen atoms in total. The van der Waals surface area contributed by atoms with Crippen LogP contribution < -0.4 is 19.9 Å². The predicted molar refractivity (Wildman–Crippen MR) is 54.6 cm³/mol. The Kier molecular flexibility index (Phi) is 1.95. The van der Waals surface area contributed by atoms with Gasteiger partial charge in [0, 0.05) is 12.1 Å². The zero-order valence-corrected chi connectivity index (χ0v) is 8.36. The van der Waals surface area contributed by atoms with E-state index < -0.39 is 0 Å². The summed E-state index contributed by atoms with van der Waals surface area (Å²) in [6.45, 7) is 1.79. The van der Waals surface area contributed by atoms with Gasteiger partial charge in [-0.05, 0) is 18.1 Å². The van der Waals surface area contributed by atoms with Crippen molar-refractivity contribution in [1.29, 1.82) is 0 Å².